The Hall–Kier alpha value is -3.67. The molecule has 2 aliphatic heterocycles. The first-order valence-electron chi connectivity index (χ1n) is 15.7. The Kier molecular flexibility index (Phi) is 12.4. The van der Waals surface area contributed by atoms with Crippen molar-refractivity contribution in [3.8, 4) is 0 Å². The van der Waals surface area contributed by atoms with Gasteiger partial charge in [0.15, 0.2) is 0 Å². The molecular weight excluding hydrogens is 580 g/mol. The van der Waals surface area contributed by atoms with E-state index in [0.29, 0.717) is 38.8 Å². The Morgan fingerprint density at radius 2 is 1.47 bits per heavy atom. The summed E-state index contributed by atoms with van der Waals surface area (Å²) in [5.41, 5.74) is 0.0968. The molecule has 12 heteroatoms. The Morgan fingerprint density at radius 3 is 2.02 bits per heavy atom. The normalized spacial score (nSPS) is 19.7. The van der Waals surface area contributed by atoms with E-state index in [1.807, 2.05) is 44.2 Å². The van der Waals surface area contributed by atoms with Gasteiger partial charge in [0, 0.05) is 34.3 Å². The lowest BCUT2D eigenvalue weighted by Crippen LogP contribution is -2.59. The largest absolute Gasteiger partial charge is 0.459 e. The van der Waals surface area contributed by atoms with Crippen LogP contribution in [-0.2, 0) is 40.0 Å². The second-order valence-corrected chi connectivity index (χ2v) is 13.2. The average Bonchev–Trinajstić information content (AvgIpc) is 3.68. The topological polar surface area (TPSA) is 126 Å². The predicted octanol–water partition coefficient (Wildman–Crippen LogP) is 3.08. The molecule has 45 heavy (non-hydrogen) atoms. The number of hydrogen-bond donors (Lipinski definition) is 0. The number of ether oxygens (including phenoxy) is 3. The van der Waals surface area contributed by atoms with Crippen LogP contribution in [0, 0.1) is 5.92 Å². The average molecular weight is 631 g/mol. The van der Waals surface area contributed by atoms with E-state index in [1.165, 1.54) is 33.8 Å². The second kappa shape index (κ2) is 15.6. The van der Waals surface area contributed by atoms with Gasteiger partial charge in [0.2, 0.25) is 17.7 Å². The summed E-state index contributed by atoms with van der Waals surface area (Å²) in [6.45, 7) is 9.67. The number of methoxy groups -OCH3 is 1. The molecule has 0 radical (unpaired) electrons. The summed E-state index contributed by atoms with van der Waals surface area (Å²) in [6.07, 6.45) is 1.47. The lowest BCUT2D eigenvalue weighted by atomic mass is 9.99. The molecule has 0 N–H and O–H groups in total. The SMILES string of the molecule is COC[C@@H](C(=O)N1CCC[C@H]1C(=O)N(C)[C@H](C(=O)N1CCC[C@H]1C(=O)OCc1ccccc1)C(C)C)N(C)C(=O)OC(C)(C)C. The lowest BCUT2D eigenvalue weighted by molar-refractivity contribution is -0.159. The van der Waals surface area contributed by atoms with E-state index in [1.54, 1.807) is 27.8 Å². The van der Waals surface area contributed by atoms with Crippen LogP contribution < -0.4 is 0 Å². The van der Waals surface area contributed by atoms with Crippen LogP contribution in [0.2, 0.25) is 0 Å². The van der Waals surface area contributed by atoms with Crippen LogP contribution in [0.5, 0.6) is 0 Å². The number of hydrogen-bond acceptors (Lipinski definition) is 8. The summed E-state index contributed by atoms with van der Waals surface area (Å²) < 4.78 is 16.3. The molecule has 12 nitrogen and oxygen atoms in total. The van der Waals surface area contributed by atoms with Gasteiger partial charge in [-0.15, -0.1) is 0 Å². The molecule has 2 fully saturated rings. The van der Waals surface area contributed by atoms with Crippen molar-refractivity contribution in [3.63, 3.8) is 0 Å². The maximum Gasteiger partial charge on any atom is 0.410 e. The third-order valence-corrected chi connectivity index (χ3v) is 8.26. The monoisotopic (exact) mass is 630 g/mol. The fourth-order valence-electron chi connectivity index (χ4n) is 5.99. The molecule has 1 aromatic rings. The van der Waals surface area contributed by atoms with Crippen LogP contribution in [0.15, 0.2) is 30.3 Å². The number of carbonyl (C=O) groups is 5. The number of likely N-dealkylation sites (tertiary alicyclic amines) is 2. The predicted molar refractivity (Wildman–Crippen MR) is 167 cm³/mol. The highest BCUT2D eigenvalue weighted by Crippen LogP contribution is 2.27. The highest BCUT2D eigenvalue weighted by atomic mass is 16.6. The van der Waals surface area contributed by atoms with Gasteiger partial charge in [-0.1, -0.05) is 44.2 Å². The van der Waals surface area contributed by atoms with Crippen LogP contribution in [0.3, 0.4) is 0 Å². The maximum atomic E-state index is 14.0. The van der Waals surface area contributed by atoms with Crippen LogP contribution in [0.1, 0.15) is 65.9 Å². The molecule has 0 aliphatic carbocycles. The first-order chi connectivity index (χ1) is 21.2. The third-order valence-electron chi connectivity index (χ3n) is 8.26. The van der Waals surface area contributed by atoms with Crippen molar-refractivity contribution < 1.29 is 38.2 Å². The van der Waals surface area contributed by atoms with Gasteiger partial charge in [0.25, 0.3) is 0 Å². The number of esters is 1. The molecule has 2 saturated heterocycles. The highest BCUT2D eigenvalue weighted by Gasteiger charge is 2.45. The van der Waals surface area contributed by atoms with Crippen molar-refractivity contribution in [2.24, 2.45) is 5.92 Å². The molecule has 0 saturated carbocycles. The standard InChI is InChI=1S/C33H50N4O8/c1-22(2)27(30(40)37-19-13-17-25(37)31(41)44-20-23-14-10-9-11-15-23)35(7)28(38)24-16-12-18-36(24)29(39)26(21-43-8)34(6)32(42)45-33(3,4)5/h9-11,14-15,22,24-27H,12-13,16-21H2,1-8H3/t24-,25-,26-,27-/m0/s1. The van der Waals surface area contributed by atoms with Crippen molar-refractivity contribution in [2.45, 2.75) is 96.7 Å². The summed E-state index contributed by atoms with van der Waals surface area (Å²) in [5.74, 6) is -1.85. The van der Waals surface area contributed by atoms with Crippen LogP contribution in [-0.4, -0.2) is 120 Å². The van der Waals surface area contributed by atoms with E-state index in [2.05, 4.69) is 0 Å². The molecule has 250 valence electrons. The fourth-order valence-corrected chi connectivity index (χ4v) is 5.99. The molecule has 0 spiro atoms. The molecule has 4 atom stereocenters. The van der Waals surface area contributed by atoms with Crippen molar-refractivity contribution in [2.75, 3.05) is 40.9 Å². The van der Waals surface area contributed by atoms with Gasteiger partial charge in [0.05, 0.1) is 6.61 Å². The number of nitrogens with zero attached hydrogens (tertiary/aromatic N) is 4. The minimum absolute atomic E-state index is 0.0777. The van der Waals surface area contributed by atoms with Gasteiger partial charge in [-0.3, -0.25) is 19.3 Å². The fraction of sp³-hybridized carbons (Fsp3) is 0.667. The van der Waals surface area contributed by atoms with Crippen molar-refractivity contribution >= 4 is 29.8 Å². The minimum atomic E-state index is -1.00. The molecule has 4 amide bonds. The van der Waals surface area contributed by atoms with Crippen molar-refractivity contribution in [3.05, 3.63) is 35.9 Å². The summed E-state index contributed by atoms with van der Waals surface area (Å²) in [4.78, 5) is 73.3. The highest BCUT2D eigenvalue weighted by molar-refractivity contribution is 5.95. The number of carbonyl (C=O) groups excluding carboxylic acids is 5. The zero-order chi connectivity index (χ0) is 33.5. The summed E-state index contributed by atoms with van der Waals surface area (Å²) in [6, 6.07) is 5.95. The van der Waals surface area contributed by atoms with Gasteiger partial charge in [-0.25, -0.2) is 9.59 Å². The van der Waals surface area contributed by atoms with Crippen LogP contribution in [0.25, 0.3) is 0 Å². The van der Waals surface area contributed by atoms with E-state index in [0.717, 1.165) is 5.56 Å². The maximum absolute atomic E-state index is 14.0. The smallest absolute Gasteiger partial charge is 0.410 e. The summed E-state index contributed by atoms with van der Waals surface area (Å²) >= 11 is 0. The number of likely N-dealkylation sites (N-methyl/N-ethyl adjacent to an activating group) is 2. The van der Waals surface area contributed by atoms with Gasteiger partial charge in [0.1, 0.15) is 36.4 Å². The first-order valence-corrected chi connectivity index (χ1v) is 15.7. The zero-order valence-electron chi connectivity index (χ0n) is 28.0. The molecule has 0 unspecified atom stereocenters. The van der Waals surface area contributed by atoms with Crippen molar-refractivity contribution in [1.82, 2.24) is 19.6 Å². The second-order valence-electron chi connectivity index (χ2n) is 13.2. The van der Waals surface area contributed by atoms with Crippen LogP contribution >= 0.6 is 0 Å². The van der Waals surface area contributed by atoms with E-state index < -0.39 is 47.7 Å². The summed E-state index contributed by atoms with van der Waals surface area (Å²) in [5, 5.41) is 0. The molecular formula is C33H50N4O8. The van der Waals surface area contributed by atoms with Crippen LogP contribution in [0.4, 0.5) is 4.79 Å². The molecule has 2 heterocycles. The van der Waals surface area contributed by atoms with Crippen molar-refractivity contribution in [1.29, 1.82) is 0 Å². The zero-order valence-corrected chi connectivity index (χ0v) is 28.0. The first kappa shape index (κ1) is 35.8. The van der Waals surface area contributed by atoms with E-state index in [9.17, 15) is 24.0 Å². The lowest BCUT2D eigenvalue weighted by Gasteiger charge is -2.38. The number of benzene rings is 1. The van der Waals surface area contributed by atoms with Gasteiger partial charge in [-0.05, 0) is 57.9 Å². The minimum Gasteiger partial charge on any atom is -0.459 e. The van der Waals surface area contributed by atoms with E-state index >= 15 is 0 Å². The Bertz CT molecular complexity index is 1200. The Labute approximate surface area is 266 Å². The molecule has 0 aromatic heterocycles. The molecule has 0 bridgehead atoms. The Morgan fingerprint density at radius 1 is 0.889 bits per heavy atom. The Balaban J connectivity index is 1.74. The van der Waals surface area contributed by atoms with Gasteiger partial charge >= 0.3 is 12.1 Å². The van der Waals surface area contributed by atoms with E-state index in [-0.39, 0.29) is 30.9 Å². The molecule has 1 aromatic carbocycles. The third kappa shape index (κ3) is 8.96. The molecule has 2 aliphatic rings. The van der Waals surface area contributed by atoms with Gasteiger partial charge in [-0.2, -0.15) is 0 Å². The quantitative estimate of drug-likeness (QED) is 0.342. The molecule has 3 rings (SSSR count). The number of amides is 4. The van der Waals surface area contributed by atoms with Gasteiger partial charge < -0.3 is 28.9 Å². The van der Waals surface area contributed by atoms with E-state index in [4.69, 9.17) is 14.2 Å². The summed E-state index contributed by atoms with van der Waals surface area (Å²) in [7, 11) is 4.48. The number of rotatable bonds is 11.